The zero-order valence-electron chi connectivity index (χ0n) is 14.7. The summed E-state index contributed by atoms with van der Waals surface area (Å²) in [6.45, 7) is 9.18. The highest BCUT2D eigenvalue weighted by Gasteiger charge is 2.34. The molecule has 7 nitrogen and oxygen atoms in total. The number of guanidine groups is 1. The summed E-state index contributed by atoms with van der Waals surface area (Å²) in [5, 5.41) is 6.52. The molecule has 132 valence electrons. The van der Waals surface area contributed by atoms with Crippen molar-refractivity contribution in [2.45, 2.75) is 45.3 Å². The van der Waals surface area contributed by atoms with Gasteiger partial charge in [0.1, 0.15) is 5.60 Å². The van der Waals surface area contributed by atoms with E-state index in [0.29, 0.717) is 19.7 Å². The molecule has 2 N–H and O–H groups in total. The van der Waals surface area contributed by atoms with E-state index in [-0.39, 0.29) is 12.1 Å². The lowest BCUT2D eigenvalue weighted by molar-refractivity contribution is 0.00700. The second kappa shape index (κ2) is 7.86. The van der Waals surface area contributed by atoms with Crippen LogP contribution in [-0.4, -0.2) is 68.5 Å². The van der Waals surface area contributed by atoms with Crippen LogP contribution < -0.4 is 10.6 Å². The van der Waals surface area contributed by atoms with Crippen LogP contribution in [0, 0.1) is 5.92 Å². The van der Waals surface area contributed by atoms with E-state index in [4.69, 9.17) is 9.47 Å². The van der Waals surface area contributed by atoms with E-state index in [1.807, 2.05) is 20.8 Å². The fourth-order valence-electron chi connectivity index (χ4n) is 2.21. The number of amides is 1. The lowest BCUT2D eigenvalue weighted by Crippen LogP contribution is -2.63. The van der Waals surface area contributed by atoms with Crippen LogP contribution >= 0.6 is 0 Å². The minimum atomic E-state index is -0.451. The van der Waals surface area contributed by atoms with Crippen LogP contribution in [0.15, 0.2) is 4.99 Å². The Morgan fingerprint density at radius 3 is 2.57 bits per heavy atom. The molecule has 2 rings (SSSR count). The molecular weight excluding hydrogens is 296 g/mol. The second-order valence-corrected chi connectivity index (χ2v) is 7.24. The van der Waals surface area contributed by atoms with E-state index in [9.17, 15) is 4.79 Å². The van der Waals surface area contributed by atoms with Gasteiger partial charge in [-0.25, -0.2) is 4.79 Å². The lowest BCUT2D eigenvalue weighted by atomic mass is 10.1. The Bertz CT molecular complexity index is 424. The Kier molecular flexibility index (Phi) is 6.10. The molecule has 0 bridgehead atoms. The molecule has 0 atom stereocenters. The number of carbonyl (C=O) groups is 1. The third-order valence-electron chi connectivity index (χ3n) is 3.69. The number of ether oxygens (including phenoxy) is 2. The van der Waals surface area contributed by atoms with Gasteiger partial charge in [-0.2, -0.15) is 0 Å². The van der Waals surface area contributed by atoms with Crippen LogP contribution in [0.5, 0.6) is 0 Å². The molecule has 1 amide bonds. The molecule has 0 aromatic carbocycles. The highest BCUT2D eigenvalue weighted by Crippen LogP contribution is 2.28. The van der Waals surface area contributed by atoms with E-state index in [1.54, 1.807) is 11.9 Å². The van der Waals surface area contributed by atoms with Crippen molar-refractivity contribution in [3.63, 3.8) is 0 Å². The Balaban J connectivity index is 1.56. The monoisotopic (exact) mass is 326 g/mol. The number of rotatable bonds is 6. The van der Waals surface area contributed by atoms with Gasteiger partial charge >= 0.3 is 6.09 Å². The van der Waals surface area contributed by atoms with Crippen LogP contribution in [0.2, 0.25) is 0 Å². The first-order valence-electron chi connectivity index (χ1n) is 8.40. The molecule has 1 saturated heterocycles. The first-order chi connectivity index (χ1) is 10.9. The molecule has 0 aromatic heterocycles. The van der Waals surface area contributed by atoms with Gasteiger partial charge in [-0.3, -0.25) is 4.99 Å². The van der Waals surface area contributed by atoms with Gasteiger partial charge in [0.25, 0.3) is 0 Å². The molecule has 0 spiro atoms. The van der Waals surface area contributed by atoms with Crippen molar-refractivity contribution in [2.75, 3.05) is 39.9 Å². The topological polar surface area (TPSA) is 75.2 Å². The fourth-order valence-corrected chi connectivity index (χ4v) is 2.21. The van der Waals surface area contributed by atoms with Crippen molar-refractivity contribution in [1.29, 1.82) is 0 Å². The lowest BCUT2D eigenvalue weighted by Gasteiger charge is -2.40. The maximum atomic E-state index is 11.9. The van der Waals surface area contributed by atoms with Crippen molar-refractivity contribution < 1.29 is 14.3 Å². The molecule has 0 unspecified atom stereocenters. The third kappa shape index (κ3) is 6.64. The van der Waals surface area contributed by atoms with Gasteiger partial charge in [-0.15, -0.1) is 0 Å². The molecule has 1 aliphatic carbocycles. The predicted octanol–water partition coefficient (Wildman–Crippen LogP) is 1.20. The minimum Gasteiger partial charge on any atom is -0.444 e. The Hall–Kier alpha value is -1.50. The Labute approximate surface area is 138 Å². The van der Waals surface area contributed by atoms with Gasteiger partial charge in [0.15, 0.2) is 5.96 Å². The number of hydrogen-bond donors (Lipinski definition) is 2. The molecule has 1 aliphatic heterocycles. The zero-order chi connectivity index (χ0) is 16.9. The summed E-state index contributed by atoms with van der Waals surface area (Å²) in [4.78, 5) is 17.7. The first kappa shape index (κ1) is 17.8. The molecule has 1 saturated carbocycles. The van der Waals surface area contributed by atoms with Crippen molar-refractivity contribution >= 4 is 12.1 Å². The average molecular weight is 326 g/mol. The van der Waals surface area contributed by atoms with Crippen LogP contribution in [0.3, 0.4) is 0 Å². The number of aliphatic imine (C=N–C) groups is 1. The number of carbonyl (C=O) groups excluding carboxylic acids is 1. The highest BCUT2D eigenvalue weighted by atomic mass is 16.6. The molecule has 0 radical (unpaired) electrons. The maximum absolute atomic E-state index is 11.9. The molecule has 23 heavy (non-hydrogen) atoms. The summed E-state index contributed by atoms with van der Waals surface area (Å²) in [7, 11) is 1.74. The van der Waals surface area contributed by atoms with Gasteiger partial charge in [0.2, 0.25) is 0 Å². The van der Waals surface area contributed by atoms with Gasteiger partial charge in [0.05, 0.1) is 12.6 Å². The molecule has 2 aliphatic rings. The quantitative estimate of drug-likeness (QED) is 0.436. The summed E-state index contributed by atoms with van der Waals surface area (Å²) in [6, 6.07) is 0.209. The van der Waals surface area contributed by atoms with Gasteiger partial charge < -0.3 is 25.0 Å². The molecule has 1 heterocycles. The molecule has 0 aromatic rings. The van der Waals surface area contributed by atoms with Gasteiger partial charge in [-0.1, -0.05) is 0 Å². The number of nitrogens with zero attached hydrogens (tertiary/aromatic N) is 2. The van der Waals surface area contributed by atoms with Crippen molar-refractivity contribution in [2.24, 2.45) is 10.9 Å². The van der Waals surface area contributed by atoms with E-state index in [2.05, 4.69) is 15.6 Å². The van der Waals surface area contributed by atoms with Crippen LogP contribution in [-0.2, 0) is 9.47 Å². The number of hydrogen-bond acceptors (Lipinski definition) is 4. The summed E-state index contributed by atoms with van der Waals surface area (Å²) in [6.07, 6.45) is 2.37. The van der Waals surface area contributed by atoms with Crippen LogP contribution in [0.4, 0.5) is 4.79 Å². The number of nitrogens with one attached hydrogen (secondary N) is 2. The molecule has 2 fully saturated rings. The summed E-state index contributed by atoms with van der Waals surface area (Å²) in [5.74, 6) is 1.54. The van der Waals surface area contributed by atoms with E-state index < -0.39 is 5.60 Å². The first-order valence-corrected chi connectivity index (χ1v) is 8.40. The standard InChI is InChI=1S/C16H30N4O3/c1-16(2,3)23-15(21)20-9-13(10-20)19-14(17-4)18-7-8-22-11-12-5-6-12/h12-13H,5-11H2,1-4H3,(H2,17,18,19). The summed E-state index contributed by atoms with van der Waals surface area (Å²) in [5.41, 5.74) is -0.451. The minimum absolute atomic E-state index is 0.209. The van der Waals surface area contributed by atoms with Crippen LogP contribution in [0.1, 0.15) is 33.6 Å². The maximum Gasteiger partial charge on any atom is 0.410 e. The average Bonchev–Trinajstić information content (AvgIpc) is 3.21. The van der Waals surface area contributed by atoms with Crippen molar-refractivity contribution in [3.8, 4) is 0 Å². The van der Waals surface area contributed by atoms with Gasteiger partial charge in [0, 0.05) is 33.3 Å². The van der Waals surface area contributed by atoms with Crippen molar-refractivity contribution in [1.82, 2.24) is 15.5 Å². The molecule has 7 heteroatoms. The summed E-state index contributed by atoms with van der Waals surface area (Å²) >= 11 is 0. The van der Waals surface area contributed by atoms with E-state index in [1.165, 1.54) is 12.8 Å². The summed E-state index contributed by atoms with van der Waals surface area (Å²) < 4.78 is 10.9. The SMILES string of the molecule is CN=C(NCCOCC1CC1)NC1CN(C(=O)OC(C)(C)C)C1. The van der Waals surface area contributed by atoms with E-state index in [0.717, 1.165) is 25.0 Å². The van der Waals surface area contributed by atoms with Crippen molar-refractivity contribution in [3.05, 3.63) is 0 Å². The van der Waals surface area contributed by atoms with E-state index >= 15 is 0 Å². The van der Waals surface area contributed by atoms with Gasteiger partial charge in [-0.05, 0) is 39.5 Å². The van der Waals surface area contributed by atoms with Crippen LogP contribution in [0.25, 0.3) is 0 Å². The zero-order valence-corrected chi connectivity index (χ0v) is 14.7. The third-order valence-corrected chi connectivity index (χ3v) is 3.69. The fraction of sp³-hybridized carbons (Fsp3) is 0.875. The normalized spacial score (nSPS) is 19.3. The second-order valence-electron chi connectivity index (χ2n) is 7.24. The highest BCUT2D eigenvalue weighted by molar-refractivity contribution is 5.80. The Morgan fingerprint density at radius 1 is 1.30 bits per heavy atom. The smallest absolute Gasteiger partial charge is 0.410 e. The molecular formula is C16H30N4O3. The Morgan fingerprint density at radius 2 is 2.00 bits per heavy atom. The largest absolute Gasteiger partial charge is 0.444 e. The number of likely N-dealkylation sites (tertiary alicyclic amines) is 1. The predicted molar refractivity (Wildman–Crippen MR) is 89.6 cm³/mol.